The van der Waals surface area contributed by atoms with E-state index in [1.54, 1.807) is 11.3 Å². The van der Waals surface area contributed by atoms with Gasteiger partial charge in [-0.2, -0.15) is 0 Å². The minimum Gasteiger partial charge on any atom is -0.375 e. The number of imidazole rings is 1. The third-order valence-corrected chi connectivity index (χ3v) is 5.11. The van der Waals surface area contributed by atoms with Gasteiger partial charge in [0.25, 0.3) is 0 Å². The largest absolute Gasteiger partial charge is 0.375 e. The Bertz CT molecular complexity index is 633. The smallest absolute Gasteiger partial charge is 0.195 e. The molecule has 2 aromatic rings. The highest BCUT2D eigenvalue weighted by Gasteiger charge is 2.29. The van der Waals surface area contributed by atoms with Crippen molar-refractivity contribution in [3.8, 4) is 0 Å². The molecule has 0 spiro atoms. The molecule has 0 amide bonds. The van der Waals surface area contributed by atoms with Crippen molar-refractivity contribution in [1.82, 2.24) is 14.7 Å². The molecule has 0 radical (unpaired) electrons. The fourth-order valence-corrected chi connectivity index (χ4v) is 3.67. The van der Waals surface area contributed by atoms with Crippen molar-refractivity contribution in [2.75, 3.05) is 18.1 Å². The van der Waals surface area contributed by atoms with Crippen molar-refractivity contribution in [2.24, 2.45) is 0 Å². The average Bonchev–Trinajstić information content (AvgIpc) is 3.07. The molecule has 1 aliphatic heterocycles. The van der Waals surface area contributed by atoms with Crippen LogP contribution in [0.5, 0.6) is 0 Å². The van der Waals surface area contributed by atoms with Crippen LogP contribution in [0.25, 0.3) is 4.96 Å². The molecule has 2 unspecified atom stereocenters. The van der Waals surface area contributed by atoms with Crippen LogP contribution in [0.15, 0.2) is 11.6 Å². The van der Waals surface area contributed by atoms with Crippen molar-refractivity contribution < 1.29 is 4.74 Å². The van der Waals surface area contributed by atoms with E-state index in [1.165, 1.54) is 18.5 Å². The summed E-state index contributed by atoms with van der Waals surface area (Å²) >= 11 is 1.70. The zero-order valence-electron chi connectivity index (χ0n) is 12.6. The maximum absolute atomic E-state index is 5.76. The van der Waals surface area contributed by atoms with Crippen LogP contribution in [-0.4, -0.2) is 40.7 Å². The monoisotopic (exact) mass is 306 g/mol. The molecule has 6 heteroatoms. The first-order valence-corrected chi connectivity index (χ1v) is 8.66. The standard InChI is InChI=1S/C15H22N4OS/c1-10-9-20-11(2)8-19(10)14-13(7-16-12-3-4-12)18-5-6-21-15(18)17-14/h5-6,10-12,16H,3-4,7-9H2,1-2H3. The summed E-state index contributed by atoms with van der Waals surface area (Å²) in [5.74, 6) is 1.14. The van der Waals surface area contributed by atoms with Gasteiger partial charge in [0, 0.05) is 30.7 Å². The maximum atomic E-state index is 5.76. The van der Waals surface area contributed by atoms with Crippen LogP contribution in [0.4, 0.5) is 5.82 Å². The van der Waals surface area contributed by atoms with E-state index in [9.17, 15) is 0 Å². The van der Waals surface area contributed by atoms with Crippen molar-refractivity contribution in [1.29, 1.82) is 0 Å². The minimum absolute atomic E-state index is 0.269. The number of nitrogens with zero attached hydrogens (tertiary/aromatic N) is 3. The summed E-state index contributed by atoms with van der Waals surface area (Å²) in [6.45, 7) is 6.96. The molecule has 2 atom stereocenters. The Morgan fingerprint density at radius 1 is 1.43 bits per heavy atom. The minimum atomic E-state index is 0.269. The number of aromatic nitrogens is 2. The van der Waals surface area contributed by atoms with Gasteiger partial charge in [-0.3, -0.25) is 4.40 Å². The Morgan fingerprint density at radius 2 is 2.29 bits per heavy atom. The highest BCUT2D eigenvalue weighted by atomic mass is 32.1. The molecule has 2 aromatic heterocycles. The number of thiazole rings is 1. The van der Waals surface area contributed by atoms with Gasteiger partial charge in [-0.05, 0) is 26.7 Å². The molecule has 1 saturated carbocycles. The zero-order chi connectivity index (χ0) is 14.4. The highest BCUT2D eigenvalue weighted by molar-refractivity contribution is 7.15. The Balaban J connectivity index is 1.68. The lowest BCUT2D eigenvalue weighted by atomic mass is 10.2. The fourth-order valence-electron chi connectivity index (χ4n) is 2.94. The molecule has 2 fully saturated rings. The molecule has 21 heavy (non-hydrogen) atoms. The van der Waals surface area contributed by atoms with Gasteiger partial charge in [-0.15, -0.1) is 11.3 Å². The lowest BCUT2D eigenvalue weighted by Gasteiger charge is -2.37. The molecule has 4 rings (SSSR count). The quantitative estimate of drug-likeness (QED) is 0.941. The second-order valence-electron chi connectivity index (χ2n) is 6.24. The molecule has 1 saturated heterocycles. The Hall–Kier alpha value is -1.11. The fraction of sp³-hybridized carbons (Fsp3) is 0.667. The summed E-state index contributed by atoms with van der Waals surface area (Å²) in [5, 5.41) is 5.74. The van der Waals surface area contributed by atoms with E-state index in [0.29, 0.717) is 12.1 Å². The molecular weight excluding hydrogens is 284 g/mol. The van der Waals surface area contributed by atoms with Gasteiger partial charge in [0.1, 0.15) is 0 Å². The average molecular weight is 306 g/mol. The molecule has 1 aliphatic carbocycles. The third kappa shape index (κ3) is 2.56. The van der Waals surface area contributed by atoms with E-state index < -0.39 is 0 Å². The number of anilines is 1. The second-order valence-corrected chi connectivity index (χ2v) is 7.11. The first-order chi connectivity index (χ1) is 10.2. The predicted octanol–water partition coefficient (Wildman–Crippen LogP) is 2.26. The Labute approximate surface area is 128 Å². The summed E-state index contributed by atoms with van der Waals surface area (Å²) in [7, 11) is 0. The van der Waals surface area contributed by atoms with E-state index in [2.05, 4.69) is 40.0 Å². The van der Waals surface area contributed by atoms with E-state index >= 15 is 0 Å². The number of ether oxygens (including phenoxy) is 1. The second kappa shape index (κ2) is 5.26. The van der Waals surface area contributed by atoms with Crippen LogP contribution < -0.4 is 10.2 Å². The SMILES string of the molecule is CC1CN(c2nc3sccn3c2CNC2CC2)C(C)CO1. The van der Waals surface area contributed by atoms with E-state index in [1.807, 2.05) is 0 Å². The number of nitrogens with one attached hydrogen (secondary N) is 1. The van der Waals surface area contributed by atoms with Gasteiger partial charge in [-0.1, -0.05) is 0 Å². The topological polar surface area (TPSA) is 41.8 Å². The van der Waals surface area contributed by atoms with Gasteiger partial charge in [0.05, 0.1) is 24.4 Å². The summed E-state index contributed by atoms with van der Waals surface area (Å²) < 4.78 is 7.99. The summed E-state index contributed by atoms with van der Waals surface area (Å²) in [6.07, 6.45) is 5.03. The van der Waals surface area contributed by atoms with Gasteiger partial charge in [-0.25, -0.2) is 4.98 Å². The first-order valence-electron chi connectivity index (χ1n) is 7.78. The van der Waals surface area contributed by atoms with Crippen LogP contribution in [0.2, 0.25) is 0 Å². The lowest BCUT2D eigenvalue weighted by Crippen LogP contribution is -2.48. The molecule has 0 bridgehead atoms. The van der Waals surface area contributed by atoms with Crippen LogP contribution in [0.1, 0.15) is 32.4 Å². The number of morpholine rings is 1. The van der Waals surface area contributed by atoms with Crippen LogP contribution >= 0.6 is 11.3 Å². The Morgan fingerprint density at radius 3 is 3.10 bits per heavy atom. The van der Waals surface area contributed by atoms with Gasteiger partial charge in [0.2, 0.25) is 0 Å². The Kier molecular flexibility index (Phi) is 3.40. The summed E-state index contributed by atoms with van der Waals surface area (Å²) in [6, 6.07) is 1.09. The van der Waals surface area contributed by atoms with Gasteiger partial charge in [0.15, 0.2) is 10.8 Å². The van der Waals surface area contributed by atoms with E-state index in [-0.39, 0.29) is 6.10 Å². The zero-order valence-corrected chi connectivity index (χ0v) is 13.4. The van der Waals surface area contributed by atoms with Crippen LogP contribution in [0, 0.1) is 0 Å². The molecule has 5 nitrogen and oxygen atoms in total. The highest BCUT2D eigenvalue weighted by Crippen LogP contribution is 2.29. The normalized spacial score (nSPS) is 26.7. The number of hydrogen-bond donors (Lipinski definition) is 1. The molecule has 3 heterocycles. The first kappa shape index (κ1) is 13.5. The molecule has 114 valence electrons. The van der Waals surface area contributed by atoms with Crippen molar-refractivity contribution >= 4 is 22.1 Å². The number of fused-ring (bicyclic) bond motifs is 1. The van der Waals surface area contributed by atoms with Crippen LogP contribution in [-0.2, 0) is 11.3 Å². The molecule has 0 aromatic carbocycles. The lowest BCUT2D eigenvalue weighted by molar-refractivity contribution is 0.0340. The third-order valence-electron chi connectivity index (χ3n) is 4.36. The van der Waals surface area contributed by atoms with E-state index in [4.69, 9.17) is 9.72 Å². The van der Waals surface area contributed by atoms with Crippen molar-refractivity contribution in [3.05, 3.63) is 17.3 Å². The van der Waals surface area contributed by atoms with Crippen molar-refractivity contribution in [2.45, 2.75) is 51.4 Å². The molecule has 2 aliphatic rings. The molecular formula is C15H22N4OS. The van der Waals surface area contributed by atoms with Crippen molar-refractivity contribution in [3.63, 3.8) is 0 Å². The number of hydrogen-bond acceptors (Lipinski definition) is 5. The van der Waals surface area contributed by atoms with Gasteiger partial charge < -0.3 is 15.0 Å². The maximum Gasteiger partial charge on any atom is 0.195 e. The molecule has 1 N–H and O–H groups in total. The number of rotatable bonds is 4. The summed E-state index contributed by atoms with van der Waals surface area (Å²) in [5.41, 5.74) is 1.29. The van der Waals surface area contributed by atoms with E-state index in [0.717, 1.165) is 30.5 Å². The van der Waals surface area contributed by atoms with Crippen LogP contribution in [0.3, 0.4) is 0 Å². The van der Waals surface area contributed by atoms with Gasteiger partial charge >= 0.3 is 0 Å². The summed E-state index contributed by atoms with van der Waals surface area (Å²) in [4.78, 5) is 8.39. The predicted molar refractivity (Wildman–Crippen MR) is 85.2 cm³/mol.